The average molecular weight is 241 g/mol. The molecule has 1 aliphatic rings. The van der Waals surface area contributed by atoms with Crippen molar-refractivity contribution in [1.82, 2.24) is 10.6 Å². The van der Waals surface area contributed by atoms with E-state index in [1.54, 1.807) is 7.11 Å². The van der Waals surface area contributed by atoms with Crippen LogP contribution in [-0.2, 0) is 4.74 Å². The molecule has 1 saturated carbocycles. The summed E-state index contributed by atoms with van der Waals surface area (Å²) in [6.07, 6.45) is 8.81. The van der Waals surface area contributed by atoms with Gasteiger partial charge in [0.2, 0.25) is 0 Å². The molecule has 100 valence electrons. The van der Waals surface area contributed by atoms with Crippen LogP contribution in [0.3, 0.4) is 0 Å². The molecule has 17 heavy (non-hydrogen) atoms. The average Bonchev–Trinajstić information content (AvgIpc) is 2.85. The van der Waals surface area contributed by atoms with Crippen LogP contribution < -0.4 is 10.6 Å². The van der Waals surface area contributed by atoms with E-state index in [2.05, 4.69) is 15.6 Å². The Hall–Kier alpha value is -0.770. The van der Waals surface area contributed by atoms with Gasteiger partial charge in [0.05, 0.1) is 0 Å². The molecule has 0 saturated heterocycles. The van der Waals surface area contributed by atoms with E-state index in [1.807, 2.05) is 7.05 Å². The highest BCUT2D eigenvalue weighted by Crippen LogP contribution is 2.17. The summed E-state index contributed by atoms with van der Waals surface area (Å²) in [7, 11) is 3.60. The maximum atomic E-state index is 5.02. The highest BCUT2D eigenvalue weighted by atomic mass is 16.5. The third kappa shape index (κ3) is 6.51. The molecule has 0 aromatic carbocycles. The van der Waals surface area contributed by atoms with Crippen LogP contribution in [-0.4, -0.2) is 39.3 Å². The number of nitrogens with zero attached hydrogens (tertiary/aromatic N) is 1. The van der Waals surface area contributed by atoms with Crippen molar-refractivity contribution in [3.8, 4) is 0 Å². The minimum atomic E-state index is 0.634. The van der Waals surface area contributed by atoms with Gasteiger partial charge >= 0.3 is 0 Å². The van der Waals surface area contributed by atoms with Crippen molar-refractivity contribution in [3.05, 3.63) is 0 Å². The van der Waals surface area contributed by atoms with Crippen molar-refractivity contribution in [2.75, 3.05) is 27.3 Å². The van der Waals surface area contributed by atoms with E-state index in [0.29, 0.717) is 6.04 Å². The number of rotatable bonds is 7. The fourth-order valence-electron chi connectivity index (χ4n) is 2.21. The summed E-state index contributed by atoms with van der Waals surface area (Å²) >= 11 is 0. The van der Waals surface area contributed by atoms with Crippen molar-refractivity contribution in [2.24, 2.45) is 4.99 Å². The molecular formula is C13H27N3O. The van der Waals surface area contributed by atoms with Crippen LogP contribution in [0.1, 0.15) is 44.9 Å². The first-order valence-electron chi connectivity index (χ1n) is 6.83. The topological polar surface area (TPSA) is 45.7 Å². The molecule has 0 unspecified atom stereocenters. The Labute approximate surface area is 105 Å². The molecule has 0 aromatic heterocycles. The highest BCUT2D eigenvalue weighted by molar-refractivity contribution is 5.79. The van der Waals surface area contributed by atoms with Gasteiger partial charge in [-0.05, 0) is 32.1 Å². The second kappa shape index (κ2) is 9.28. The van der Waals surface area contributed by atoms with Gasteiger partial charge in [-0.15, -0.1) is 0 Å². The maximum Gasteiger partial charge on any atom is 0.191 e. The SMILES string of the molecule is CN=C(NCCCCCOC)NC1CCCC1. The van der Waals surface area contributed by atoms with Crippen molar-refractivity contribution in [3.63, 3.8) is 0 Å². The molecule has 4 nitrogen and oxygen atoms in total. The van der Waals surface area contributed by atoms with Gasteiger partial charge in [-0.25, -0.2) is 0 Å². The molecule has 0 amide bonds. The van der Waals surface area contributed by atoms with Gasteiger partial charge in [0.1, 0.15) is 0 Å². The van der Waals surface area contributed by atoms with Crippen molar-refractivity contribution in [1.29, 1.82) is 0 Å². The zero-order chi connectivity index (χ0) is 12.3. The van der Waals surface area contributed by atoms with Gasteiger partial charge in [0.25, 0.3) is 0 Å². The second-order valence-electron chi connectivity index (χ2n) is 4.68. The van der Waals surface area contributed by atoms with Crippen LogP contribution in [0.15, 0.2) is 4.99 Å². The summed E-state index contributed by atoms with van der Waals surface area (Å²) < 4.78 is 5.02. The lowest BCUT2D eigenvalue weighted by Crippen LogP contribution is -2.42. The molecular weight excluding hydrogens is 214 g/mol. The Morgan fingerprint density at radius 1 is 1.24 bits per heavy atom. The lowest BCUT2D eigenvalue weighted by atomic mass is 10.2. The number of unbranched alkanes of at least 4 members (excludes halogenated alkanes) is 2. The number of hydrogen-bond donors (Lipinski definition) is 2. The van der Waals surface area contributed by atoms with Crippen LogP contribution in [0.4, 0.5) is 0 Å². The molecule has 0 radical (unpaired) electrons. The summed E-state index contributed by atoms with van der Waals surface area (Å²) in [4.78, 5) is 4.26. The minimum Gasteiger partial charge on any atom is -0.385 e. The molecule has 1 fully saturated rings. The maximum absolute atomic E-state index is 5.02. The first kappa shape index (κ1) is 14.3. The van der Waals surface area contributed by atoms with E-state index in [0.717, 1.165) is 25.5 Å². The smallest absolute Gasteiger partial charge is 0.191 e. The Balaban J connectivity index is 2.02. The third-order valence-corrected chi connectivity index (χ3v) is 3.24. The van der Waals surface area contributed by atoms with Crippen LogP contribution in [0, 0.1) is 0 Å². The van der Waals surface area contributed by atoms with Gasteiger partial charge in [0.15, 0.2) is 5.96 Å². The number of guanidine groups is 1. The van der Waals surface area contributed by atoms with E-state index in [-0.39, 0.29) is 0 Å². The summed E-state index contributed by atoms with van der Waals surface area (Å²) in [6, 6.07) is 0.634. The van der Waals surface area contributed by atoms with Crippen LogP contribution in [0.25, 0.3) is 0 Å². The van der Waals surface area contributed by atoms with E-state index >= 15 is 0 Å². The Morgan fingerprint density at radius 3 is 2.65 bits per heavy atom. The summed E-state index contributed by atoms with van der Waals surface area (Å²) in [6.45, 7) is 1.87. The Kier molecular flexibility index (Phi) is 7.80. The predicted molar refractivity (Wildman–Crippen MR) is 72.5 cm³/mol. The Morgan fingerprint density at radius 2 is 2.00 bits per heavy atom. The molecule has 4 heteroatoms. The predicted octanol–water partition coefficient (Wildman–Crippen LogP) is 1.91. The zero-order valence-corrected chi connectivity index (χ0v) is 11.3. The fourth-order valence-corrected chi connectivity index (χ4v) is 2.21. The molecule has 1 aliphatic carbocycles. The van der Waals surface area contributed by atoms with E-state index in [1.165, 1.54) is 38.5 Å². The lowest BCUT2D eigenvalue weighted by Gasteiger charge is -2.16. The van der Waals surface area contributed by atoms with Crippen LogP contribution >= 0.6 is 0 Å². The molecule has 0 aromatic rings. The van der Waals surface area contributed by atoms with Crippen LogP contribution in [0.2, 0.25) is 0 Å². The first-order valence-corrected chi connectivity index (χ1v) is 6.83. The lowest BCUT2D eigenvalue weighted by molar-refractivity contribution is 0.192. The van der Waals surface area contributed by atoms with E-state index < -0.39 is 0 Å². The molecule has 0 atom stereocenters. The number of nitrogens with one attached hydrogen (secondary N) is 2. The number of ether oxygens (including phenoxy) is 1. The molecule has 0 bridgehead atoms. The highest BCUT2D eigenvalue weighted by Gasteiger charge is 2.15. The fraction of sp³-hybridized carbons (Fsp3) is 0.923. The van der Waals surface area contributed by atoms with Crippen molar-refractivity contribution >= 4 is 5.96 Å². The second-order valence-corrected chi connectivity index (χ2v) is 4.68. The molecule has 0 aliphatic heterocycles. The Bertz CT molecular complexity index is 213. The monoisotopic (exact) mass is 241 g/mol. The van der Waals surface area contributed by atoms with Gasteiger partial charge < -0.3 is 15.4 Å². The van der Waals surface area contributed by atoms with Gasteiger partial charge in [-0.2, -0.15) is 0 Å². The van der Waals surface area contributed by atoms with Gasteiger partial charge in [-0.3, -0.25) is 4.99 Å². The van der Waals surface area contributed by atoms with Crippen LogP contribution in [0.5, 0.6) is 0 Å². The van der Waals surface area contributed by atoms with Gasteiger partial charge in [-0.1, -0.05) is 12.8 Å². The summed E-state index contributed by atoms with van der Waals surface area (Å²) in [5.74, 6) is 0.962. The quantitative estimate of drug-likeness (QED) is 0.406. The minimum absolute atomic E-state index is 0.634. The first-order chi connectivity index (χ1) is 8.36. The molecule has 2 N–H and O–H groups in total. The van der Waals surface area contributed by atoms with Crippen molar-refractivity contribution < 1.29 is 4.74 Å². The van der Waals surface area contributed by atoms with E-state index in [9.17, 15) is 0 Å². The van der Waals surface area contributed by atoms with Gasteiger partial charge in [0, 0.05) is 33.4 Å². The molecule has 0 spiro atoms. The number of hydrogen-bond acceptors (Lipinski definition) is 2. The zero-order valence-electron chi connectivity index (χ0n) is 11.3. The third-order valence-electron chi connectivity index (χ3n) is 3.24. The van der Waals surface area contributed by atoms with E-state index in [4.69, 9.17) is 4.74 Å². The summed E-state index contributed by atoms with van der Waals surface area (Å²) in [5, 5.41) is 6.85. The normalized spacial score (nSPS) is 17.4. The largest absolute Gasteiger partial charge is 0.385 e. The number of aliphatic imine (C=N–C) groups is 1. The number of methoxy groups -OCH3 is 1. The molecule has 1 rings (SSSR count). The standard InChI is InChI=1S/C13H27N3O/c1-14-13(16-12-8-4-5-9-12)15-10-6-3-7-11-17-2/h12H,3-11H2,1-2H3,(H2,14,15,16). The summed E-state index contributed by atoms with van der Waals surface area (Å²) in [5.41, 5.74) is 0. The molecule has 0 heterocycles. The van der Waals surface area contributed by atoms with Crippen molar-refractivity contribution in [2.45, 2.75) is 51.0 Å².